The van der Waals surface area contributed by atoms with E-state index in [9.17, 15) is 4.79 Å². The van der Waals surface area contributed by atoms with E-state index in [2.05, 4.69) is 58.5 Å². The van der Waals surface area contributed by atoms with Crippen molar-refractivity contribution in [3.63, 3.8) is 0 Å². The number of amides is 1. The summed E-state index contributed by atoms with van der Waals surface area (Å²) in [4.78, 5) is 23.4. The minimum atomic E-state index is -0.269. The summed E-state index contributed by atoms with van der Waals surface area (Å²) >= 11 is 0. The molecule has 0 radical (unpaired) electrons. The summed E-state index contributed by atoms with van der Waals surface area (Å²) in [5, 5.41) is 5.09. The molecule has 4 N–H and O–H groups in total. The number of H-pyrrole nitrogens is 1. The van der Waals surface area contributed by atoms with E-state index in [4.69, 9.17) is 12.2 Å². The number of nitrogens with two attached hydrogens (primary N) is 1. The van der Waals surface area contributed by atoms with Crippen LogP contribution in [0.1, 0.15) is 87.6 Å². The van der Waals surface area contributed by atoms with E-state index in [1.165, 1.54) is 37.7 Å². The van der Waals surface area contributed by atoms with Gasteiger partial charge >= 0.3 is 0 Å². The van der Waals surface area contributed by atoms with Crippen LogP contribution in [0.15, 0.2) is 42.6 Å². The van der Waals surface area contributed by atoms with E-state index in [0.29, 0.717) is 0 Å². The fraction of sp³-hybridized carbons (Fsp3) is 0.515. The summed E-state index contributed by atoms with van der Waals surface area (Å²) in [5.41, 5.74) is 12.3. The van der Waals surface area contributed by atoms with Crippen molar-refractivity contribution >= 4 is 22.6 Å². The molecular formula is C33H39N5O. The first-order valence-electron chi connectivity index (χ1n) is 14.8. The second-order valence-corrected chi connectivity index (χ2v) is 13.0. The summed E-state index contributed by atoms with van der Waals surface area (Å²) < 4.78 is 0. The first kappa shape index (κ1) is 24.7. The molecule has 0 spiro atoms. The molecule has 6 heteroatoms. The summed E-state index contributed by atoms with van der Waals surface area (Å²) in [7, 11) is 0. The molecular weight excluding hydrogens is 482 g/mol. The monoisotopic (exact) mass is 521 g/mol. The first-order valence-corrected chi connectivity index (χ1v) is 14.8. The maximum absolute atomic E-state index is 13.3. The van der Waals surface area contributed by atoms with Gasteiger partial charge in [-0.25, -0.2) is 4.98 Å². The lowest BCUT2D eigenvalue weighted by Gasteiger charge is -2.61. The molecule has 39 heavy (non-hydrogen) atoms. The van der Waals surface area contributed by atoms with Crippen LogP contribution in [0.25, 0.3) is 11.0 Å². The van der Waals surface area contributed by atoms with E-state index >= 15 is 0 Å². The van der Waals surface area contributed by atoms with Gasteiger partial charge in [0.2, 0.25) is 0 Å². The molecule has 1 amide bonds. The van der Waals surface area contributed by atoms with E-state index in [1.54, 1.807) is 0 Å². The van der Waals surface area contributed by atoms with Crippen molar-refractivity contribution in [2.75, 3.05) is 5.32 Å². The Labute approximate surface area is 231 Å². The number of fused-ring (bicyclic) bond motifs is 3. The highest BCUT2D eigenvalue weighted by Gasteiger charge is 2.56. The van der Waals surface area contributed by atoms with E-state index in [0.717, 1.165) is 71.9 Å². The molecule has 3 heterocycles. The van der Waals surface area contributed by atoms with Gasteiger partial charge in [0, 0.05) is 40.1 Å². The van der Waals surface area contributed by atoms with Crippen molar-refractivity contribution in [3.8, 4) is 12.3 Å². The van der Waals surface area contributed by atoms with Crippen molar-refractivity contribution < 1.29 is 4.79 Å². The van der Waals surface area contributed by atoms with Gasteiger partial charge in [0.15, 0.2) is 0 Å². The average Bonchev–Trinajstić information content (AvgIpc) is 3.28. The van der Waals surface area contributed by atoms with Crippen LogP contribution in [0.3, 0.4) is 0 Å². The van der Waals surface area contributed by atoms with Gasteiger partial charge in [-0.15, -0.1) is 6.42 Å². The Morgan fingerprint density at radius 2 is 1.97 bits per heavy atom. The molecule has 3 aromatic rings. The van der Waals surface area contributed by atoms with E-state index < -0.39 is 0 Å². The van der Waals surface area contributed by atoms with Crippen LogP contribution in [0.5, 0.6) is 0 Å². The Bertz CT molecular complexity index is 1430. The van der Waals surface area contributed by atoms with Gasteiger partial charge in [-0.2, -0.15) is 0 Å². The van der Waals surface area contributed by atoms with E-state index in [1.807, 2.05) is 17.2 Å². The summed E-state index contributed by atoms with van der Waals surface area (Å²) in [6.07, 6.45) is 18.6. The second kappa shape index (κ2) is 9.13. The minimum Gasteiger partial charge on any atom is -0.380 e. The number of aromatic amines is 1. The Hall–Kier alpha value is -3.30. The standard InChI is InChI=1S/C33H39N5O/c1-3-5-7-25-15-27-26-8-6-13-35-31(26)36-29(27)30(38(25)28(39)4-2)23-9-11-24(12-10-23)37-33-18-21-14-22(19-33)17-32(34,16-21)20-33/h2,6,8-13,21-22,25,30,37H,3,5,7,14-20,34H2,1H3,(H,35,36)/t21?,22?,25-,30-,32?,33?/m0/s1. The van der Waals surface area contributed by atoms with Crippen LogP contribution in [-0.2, 0) is 11.2 Å². The quantitative estimate of drug-likeness (QED) is 0.364. The topological polar surface area (TPSA) is 87.0 Å². The number of hydrogen-bond acceptors (Lipinski definition) is 4. The number of carbonyl (C=O) groups is 1. The number of carbonyl (C=O) groups excluding carboxylic acids is 1. The van der Waals surface area contributed by atoms with Crippen LogP contribution >= 0.6 is 0 Å². The molecule has 4 bridgehead atoms. The summed E-state index contributed by atoms with van der Waals surface area (Å²) in [5.74, 6) is 3.70. The SMILES string of the molecule is C#CC(=O)N1[C@@H](CCCC)Cc2c([nH]c3ncccc23)[C@@H]1c1ccc(NC23CC4CC(CC(N)(C4)C2)C3)cc1. The molecule has 0 saturated heterocycles. The minimum absolute atomic E-state index is 0.00275. The third-order valence-electron chi connectivity index (χ3n) is 10.1. The highest BCUT2D eigenvalue weighted by atomic mass is 16.2. The summed E-state index contributed by atoms with van der Waals surface area (Å²) in [6, 6.07) is 12.6. The Morgan fingerprint density at radius 1 is 1.21 bits per heavy atom. The largest absolute Gasteiger partial charge is 0.380 e. The Morgan fingerprint density at radius 3 is 2.67 bits per heavy atom. The third kappa shape index (κ3) is 4.14. The number of hydrogen-bond donors (Lipinski definition) is 3. The van der Waals surface area contributed by atoms with Crippen LogP contribution in [0.2, 0.25) is 0 Å². The molecule has 2 unspecified atom stereocenters. The van der Waals surface area contributed by atoms with Crippen molar-refractivity contribution in [3.05, 3.63) is 59.4 Å². The number of rotatable bonds is 6. The second-order valence-electron chi connectivity index (χ2n) is 13.0. The molecule has 202 valence electrons. The Kier molecular flexibility index (Phi) is 5.79. The number of benzene rings is 1. The fourth-order valence-electron chi connectivity index (χ4n) is 9.13. The number of terminal acetylenes is 1. The van der Waals surface area contributed by atoms with Gasteiger partial charge in [0.1, 0.15) is 5.65 Å². The highest BCUT2D eigenvalue weighted by molar-refractivity contribution is 5.94. The zero-order valence-corrected chi connectivity index (χ0v) is 22.9. The van der Waals surface area contributed by atoms with Gasteiger partial charge in [0.25, 0.3) is 5.91 Å². The van der Waals surface area contributed by atoms with Gasteiger partial charge in [-0.1, -0.05) is 31.9 Å². The van der Waals surface area contributed by atoms with Gasteiger partial charge in [-0.3, -0.25) is 4.79 Å². The van der Waals surface area contributed by atoms with Crippen LogP contribution in [0.4, 0.5) is 5.69 Å². The predicted octanol–water partition coefficient (Wildman–Crippen LogP) is 5.69. The lowest BCUT2D eigenvalue weighted by molar-refractivity contribution is -0.130. The normalized spacial score (nSPS) is 32.7. The number of aromatic nitrogens is 2. The highest BCUT2D eigenvalue weighted by Crippen LogP contribution is 2.57. The molecule has 1 aromatic carbocycles. The molecule has 1 aliphatic heterocycles. The molecule has 6 nitrogen and oxygen atoms in total. The van der Waals surface area contributed by atoms with Crippen molar-refractivity contribution in [2.24, 2.45) is 17.6 Å². The van der Waals surface area contributed by atoms with Crippen LogP contribution in [0, 0.1) is 24.2 Å². The Balaban J connectivity index is 1.25. The molecule has 4 fully saturated rings. The molecule has 2 aromatic heterocycles. The van der Waals surface area contributed by atoms with Crippen molar-refractivity contribution in [1.82, 2.24) is 14.9 Å². The van der Waals surface area contributed by atoms with Crippen LogP contribution < -0.4 is 11.1 Å². The summed E-state index contributed by atoms with van der Waals surface area (Å²) in [6.45, 7) is 2.19. The molecule has 5 aliphatic rings. The molecule has 4 saturated carbocycles. The van der Waals surface area contributed by atoms with Crippen LogP contribution in [-0.4, -0.2) is 37.9 Å². The first-order chi connectivity index (χ1) is 18.9. The lowest BCUT2D eigenvalue weighted by Crippen LogP contribution is -2.65. The maximum atomic E-state index is 13.3. The fourth-order valence-corrected chi connectivity index (χ4v) is 9.13. The molecule has 4 aliphatic carbocycles. The van der Waals surface area contributed by atoms with Crippen molar-refractivity contribution in [2.45, 2.75) is 94.3 Å². The molecule has 4 atom stereocenters. The number of anilines is 1. The van der Waals surface area contributed by atoms with Crippen molar-refractivity contribution in [1.29, 1.82) is 0 Å². The zero-order valence-electron chi connectivity index (χ0n) is 22.9. The van der Waals surface area contributed by atoms with E-state index in [-0.39, 0.29) is 29.1 Å². The lowest BCUT2D eigenvalue weighted by atomic mass is 9.50. The van der Waals surface area contributed by atoms with Gasteiger partial charge in [0.05, 0.1) is 6.04 Å². The smallest absolute Gasteiger partial charge is 0.299 e. The maximum Gasteiger partial charge on any atom is 0.299 e. The van der Waals surface area contributed by atoms with Gasteiger partial charge < -0.3 is 20.9 Å². The zero-order chi connectivity index (χ0) is 26.8. The number of nitrogens with zero attached hydrogens (tertiary/aromatic N) is 2. The third-order valence-corrected chi connectivity index (χ3v) is 10.1. The van der Waals surface area contributed by atoms with Gasteiger partial charge in [-0.05, 0) is 105 Å². The number of unbranched alkanes of at least 4 members (excludes halogenated alkanes) is 1. The predicted molar refractivity (Wildman–Crippen MR) is 155 cm³/mol. The average molecular weight is 522 g/mol. The number of nitrogens with one attached hydrogen (secondary N) is 2. The molecule has 8 rings (SSSR count). The number of pyridine rings is 1.